The Morgan fingerprint density at radius 2 is 2.26 bits per heavy atom. The molecule has 0 saturated heterocycles. The number of aromatic nitrogens is 3. The lowest BCUT2D eigenvalue weighted by molar-refractivity contribution is 0.0990. The molecule has 0 radical (unpaired) electrons. The molecule has 7 heteroatoms. The van der Waals surface area contributed by atoms with Gasteiger partial charge in [-0.3, -0.25) is 4.79 Å². The number of fused-ring (bicyclic) bond motifs is 2. The second-order valence-electron chi connectivity index (χ2n) is 4.22. The van der Waals surface area contributed by atoms with Gasteiger partial charge in [0.25, 0.3) is 0 Å². The van der Waals surface area contributed by atoms with Gasteiger partial charge in [-0.05, 0) is 25.4 Å². The quantitative estimate of drug-likeness (QED) is 0.757. The first-order valence-corrected chi connectivity index (χ1v) is 7.09. The smallest absolute Gasteiger partial charge is 0.224 e. The molecule has 2 aromatic heterocycles. The Morgan fingerprint density at radius 3 is 3.00 bits per heavy atom. The third-order valence-corrected chi connectivity index (χ3v) is 4.14. The highest BCUT2D eigenvalue weighted by molar-refractivity contribution is 7.16. The molecule has 0 aromatic carbocycles. The Hall–Kier alpha value is -1.53. The van der Waals surface area contributed by atoms with Crippen LogP contribution in [-0.2, 0) is 6.42 Å². The van der Waals surface area contributed by atoms with Crippen molar-refractivity contribution in [2.75, 3.05) is 11.4 Å². The maximum Gasteiger partial charge on any atom is 0.224 e. The van der Waals surface area contributed by atoms with Gasteiger partial charge in [-0.2, -0.15) is 4.98 Å². The van der Waals surface area contributed by atoms with Gasteiger partial charge in [0.1, 0.15) is 16.5 Å². The van der Waals surface area contributed by atoms with Crippen LogP contribution in [0.4, 0.5) is 10.8 Å². The van der Waals surface area contributed by atoms with Crippen LogP contribution in [-0.4, -0.2) is 27.3 Å². The van der Waals surface area contributed by atoms with Crippen molar-refractivity contribution in [2.45, 2.75) is 20.3 Å². The van der Waals surface area contributed by atoms with Gasteiger partial charge in [0.05, 0.1) is 5.01 Å². The van der Waals surface area contributed by atoms with E-state index in [1.165, 1.54) is 11.3 Å². The predicted molar refractivity (Wildman–Crippen MR) is 74.6 cm³/mol. The highest BCUT2D eigenvalue weighted by Crippen LogP contribution is 2.38. The number of hydrogen-bond acceptors (Lipinski definition) is 6. The van der Waals surface area contributed by atoms with Crippen LogP contribution in [0.1, 0.15) is 28.0 Å². The molecule has 1 aliphatic heterocycles. The number of hydrogen-bond donors (Lipinski definition) is 0. The summed E-state index contributed by atoms with van der Waals surface area (Å²) in [5.41, 5.74) is 1.32. The van der Waals surface area contributed by atoms with Crippen LogP contribution in [0.2, 0.25) is 5.28 Å². The molecule has 98 valence electrons. The van der Waals surface area contributed by atoms with E-state index in [1.807, 2.05) is 18.7 Å². The second-order valence-corrected chi connectivity index (χ2v) is 5.74. The van der Waals surface area contributed by atoms with E-state index < -0.39 is 0 Å². The first kappa shape index (κ1) is 12.5. The number of Topliss-reactive ketones (excluding diaryl/α,β-unsaturated/α-hetero) is 1. The fourth-order valence-corrected chi connectivity index (χ4v) is 3.29. The number of rotatable bonds is 1. The third-order valence-electron chi connectivity index (χ3n) is 2.96. The van der Waals surface area contributed by atoms with Gasteiger partial charge in [0.2, 0.25) is 5.28 Å². The first-order valence-electron chi connectivity index (χ1n) is 5.89. The van der Waals surface area contributed by atoms with Crippen molar-refractivity contribution in [3.05, 3.63) is 27.7 Å². The third kappa shape index (κ3) is 2.01. The van der Waals surface area contributed by atoms with Gasteiger partial charge in [-0.25, -0.2) is 9.97 Å². The molecule has 0 saturated carbocycles. The Kier molecular flexibility index (Phi) is 2.99. The summed E-state index contributed by atoms with van der Waals surface area (Å²) < 4.78 is 0. The molecule has 0 bridgehead atoms. The van der Waals surface area contributed by atoms with Gasteiger partial charge in [0, 0.05) is 24.7 Å². The molecule has 0 aliphatic carbocycles. The predicted octanol–water partition coefficient (Wildman–Crippen LogP) is 2.79. The summed E-state index contributed by atoms with van der Waals surface area (Å²) in [4.78, 5) is 26.8. The van der Waals surface area contributed by atoms with E-state index in [9.17, 15) is 4.79 Å². The number of thiazole rings is 1. The Bertz CT molecular complexity index is 670. The van der Waals surface area contributed by atoms with Gasteiger partial charge in [0.15, 0.2) is 5.78 Å². The number of carbonyl (C=O) groups excluding carboxylic acids is 1. The first-order chi connectivity index (χ1) is 9.10. The van der Waals surface area contributed by atoms with E-state index in [-0.39, 0.29) is 17.5 Å². The maximum atomic E-state index is 12.3. The fraction of sp³-hybridized carbons (Fsp3) is 0.333. The molecular formula is C12H11ClN4OS. The molecule has 2 aromatic rings. The number of halogens is 1. The number of nitrogens with zero attached hydrogens (tertiary/aromatic N) is 4. The van der Waals surface area contributed by atoms with E-state index in [1.54, 1.807) is 6.20 Å². The van der Waals surface area contributed by atoms with E-state index in [0.717, 1.165) is 15.6 Å². The highest BCUT2D eigenvalue weighted by atomic mass is 35.5. The Labute approximate surface area is 119 Å². The van der Waals surface area contributed by atoms with Crippen LogP contribution in [0.15, 0.2) is 6.20 Å². The zero-order valence-electron chi connectivity index (χ0n) is 10.5. The molecule has 0 spiro atoms. The summed E-state index contributed by atoms with van der Waals surface area (Å²) in [7, 11) is 0. The fourth-order valence-electron chi connectivity index (χ4n) is 2.16. The van der Waals surface area contributed by atoms with Gasteiger partial charge < -0.3 is 4.90 Å². The average molecular weight is 295 g/mol. The second kappa shape index (κ2) is 4.54. The standard InChI is InChI=1S/C12H11ClN4OS/c1-3-17-10-7(5-14-12(13)16-10)4-8(18)9-11(17)19-6(2)15-9/h5H,3-4H2,1-2H3. The largest absolute Gasteiger partial charge is 0.316 e. The van der Waals surface area contributed by atoms with Crippen LogP contribution in [0.25, 0.3) is 0 Å². The molecule has 0 fully saturated rings. The molecule has 3 heterocycles. The van der Waals surface area contributed by atoms with Crippen molar-refractivity contribution in [3.63, 3.8) is 0 Å². The molecule has 3 rings (SSSR count). The van der Waals surface area contributed by atoms with Crippen LogP contribution >= 0.6 is 22.9 Å². The van der Waals surface area contributed by atoms with Crippen molar-refractivity contribution in [2.24, 2.45) is 0 Å². The summed E-state index contributed by atoms with van der Waals surface area (Å²) in [5.74, 6) is 0.709. The molecule has 0 N–H and O–H groups in total. The van der Waals surface area contributed by atoms with E-state index in [0.29, 0.717) is 18.1 Å². The van der Waals surface area contributed by atoms with Crippen molar-refractivity contribution in [1.82, 2.24) is 15.0 Å². The number of ketones is 1. The summed E-state index contributed by atoms with van der Waals surface area (Å²) in [6, 6.07) is 0. The molecular weight excluding hydrogens is 284 g/mol. The number of carbonyl (C=O) groups is 1. The van der Waals surface area contributed by atoms with E-state index >= 15 is 0 Å². The SMILES string of the molecule is CCN1c2nc(Cl)ncc2CC(=O)c2nc(C)sc21. The molecule has 0 amide bonds. The molecule has 1 aliphatic rings. The zero-order valence-corrected chi connectivity index (χ0v) is 12.0. The summed E-state index contributed by atoms with van der Waals surface area (Å²) in [6.07, 6.45) is 1.88. The van der Waals surface area contributed by atoms with E-state index in [4.69, 9.17) is 11.6 Å². The van der Waals surface area contributed by atoms with Crippen LogP contribution < -0.4 is 4.90 Å². The Morgan fingerprint density at radius 1 is 1.47 bits per heavy atom. The maximum absolute atomic E-state index is 12.3. The number of anilines is 2. The number of aryl methyl sites for hydroxylation is 1. The minimum Gasteiger partial charge on any atom is -0.316 e. The van der Waals surface area contributed by atoms with Crippen LogP contribution in [0.5, 0.6) is 0 Å². The lowest BCUT2D eigenvalue weighted by Gasteiger charge is -2.20. The summed E-state index contributed by atoms with van der Waals surface area (Å²) >= 11 is 7.37. The normalized spacial score (nSPS) is 14.1. The molecule has 5 nitrogen and oxygen atoms in total. The molecule has 19 heavy (non-hydrogen) atoms. The molecule has 0 atom stereocenters. The minimum atomic E-state index is 0.00229. The van der Waals surface area contributed by atoms with Crippen molar-refractivity contribution in [1.29, 1.82) is 0 Å². The minimum absolute atomic E-state index is 0.00229. The Balaban J connectivity index is 2.26. The topological polar surface area (TPSA) is 59.0 Å². The molecule has 0 unspecified atom stereocenters. The van der Waals surface area contributed by atoms with E-state index in [2.05, 4.69) is 15.0 Å². The summed E-state index contributed by atoms with van der Waals surface area (Å²) in [6.45, 7) is 4.60. The van der Waals surface area contributed by atoms with Gasteiger partial charge >= 0.3 is 0 Å². The summed E-state index contributed by atoms with van der Waals surface area (Å²) in [5, 5.41) is 1.91. The monoisotopic (exact) mass is 294 g/mol. The van der Waals surface area contributed by atoms with Crippen molar-refractivity contribution in [3.8, 4) is 0 Å². The zero-order chi connectivity index (χ0) is 13.6. The lowest BCUT2D eigenvalue weighted by atomic mass is 10.1. The van der Waals surface area contributed by atoms with Crippen molar-refractivity contribution < 1.29 is 4.79 Å². The highest BCUT2D eigenvalue weighted by Gasteiger charge is 2.29. The van der Waals surface area contributed by atoms with Gasteiger partial charge in [-0.15, -0.1) is 11.3 Å². The average Bonchev–Trinajstić information content (AvgIpc) is 2.71. The lowest BCUT2D eigenvalue weighted by Crippen LogP contribution is -2.18. The van der Waals surface area contributed by atoms with Crippen molar-refractivity contribution >= 4 is 39.5 Å². The van der Waals surface area contributed by atoms with Crippen LogP contribution in [0, 0.1) is 6.92 Å². The van der Waals surface area contributed by atoms with Crippen LogP contribution in [0.3, 0.4) is 0 Å². The van der Waals surface area contributed by atoms with Gasteiger partial charge in [-0.1, -0.05) is 0 Å².